The molecule has 1 aromatic rings. The molecule has 1 N–H and O–H groups in total. The van der Waals surface area contributed by atoms with Gasteiger partial charge in [-0.15, -0.1) is 0 Å². The molecule has 1 amide bonds. The number of nitrogens with one attached hydrogen (secondary N) is 1. The average molecular weight is 383 g/mol. The van der Waals surface area contributed by atoms with E-state index in [4.69, 9.17) is 4.74 Å². The van der Waals surface area contributed by atoms with Crippen molar-refractivity contribution in [1.29, 1.82) is 0 Å². The summed E-state index contributed by atoms with van der Waals surface area (Å²) in [5.74, 6) is -0.703. The van der Waals surface area contributed by atoms with E-state index >= 15 is 0 Å². The Morgan fingerprint density at radius 2 is 1.85 bits per heavy atom. The number of benzene rings is 1. The molecule has 1 fully saturated rings. The third-order valence-corrected chi connectivity index (χ3v) is 6.07. The molecule has 2 atom stereocenters. The number of amides is 1. The van der Waals surface area contributed by atoms with E-state index in [0.717, 1.165) is 10.7 Å². The molecular formula is C17H25N3O5S. The minimum Gasteiger partial charge on any atom is -0.455 e. The fourth-order valence-electron chi connectivity index (χ4n) is 2.46. The van der Waals surface area contributed by atoms with Crippen LogP contribution in [-0.2, 0) is 24.3 Å². The fraction of sp³-hybridized carbons (Fsp3) is 0.529. The van der Waals surface area contributed by atoms with Crippen molar-refractivity contribution in [1.82, 2.24) is 4.31 Å². The molecule has 0 aromatic heterocycles. The lowest BCUT2D eigenvalue weighted by molar-refractivity contribution is -0.148. The number of anilines is 2. The van der Waals surface area contributed by atoms with E-state index in [1.54, 1.807) is 25.1 Å². The highest BCUT2D eigenvalue weighted by Gasteiger charge is 2.40. The van der Waals surface area contributed by atoms with Crippen LogP contribution >= 0.6 is 0 Å². The van der Waals surface area contributed by atoms with Crippen molar-refractivity contribution in [2.45, 2.75) is 18.2 Å². The molecule has 0 radical (unpaired) electrons. The first-order valence-corrected chi connectivity index (χ1v) is 9.68. The zero-order valence-corrected chi connectivity index (χ0v) is 16.5. The Morgan fingerprint density at radius 3 is 2.35 bits per heavy atom. The summed E-state index contributed by atoms with van der Waals surface area (Å²) in [6.07, 6.45) is 0.787. The predicted molar refractivity (Wildman–Crippen MR) is 98.5 cm³/mol. The summed E-state index contributed by atoms with van der Waals surface area (Å²) < 4.78 is 30.7. The van der Waals surface area contributed by atoms with Crippen LogP contribution in [0.3, 0.4) is 0 Å². The van der Waals surface area contributed by atoms with E-state index in [1.165, 1.54) is 26.2 Å². The zero-order valence-electron chi connectivity index (χ0n) is 15.6. The summed E-state index contributed by atoms with van der Waals surface area (Å²) in [6, 6.07) is 4.49. The Morgan fingerprint density at radius 1 is 1.23 bits per heavy atom. The van der Waals surface area contributed by atoms with Crippen molar-refractivity contribution in [3.8, 4) is 0 Å². The van der Waals surface area contributed by atoms with Crippen molar-refractivity contribution < 1.29 is 22.7 Å². The minimum atomic E-state index is -3.63. The Balaban J connectivity index is 2.15. The maximum Gasteiger partial charge on any atom is 0.309 e. The second-order valence-electron chi connectivity index (χ2n) is 6.84. The number of esters is 1. The Kier molecular flexibility index (Phi) is 5.92. The van der Waals surface area contributed by atoms with Crippen LogP contribution in [0.2, 0.25) is 0 Å². The molecule has 8 nitrogen and oxygen atoms in total. The zero-order chi connectivity index (χ0) is 19.6. The van der Waals surface area contributed by atoms with Gasteiger partial charge >= 0.3 is 5.97 Å². The van der Waals surface area contributed by atoms with E-state index in [9.17, 15) is 18.0 Å². The van der Waals surface area contributed by atoms with Gasteiger partial charge < -0.3 is 15.0 Å². The van der Waals surface area contributed by atoms with Gasteiger partial charge in [-0.25, -0.2) is 12.7 Å². The second kappa shape index (κ2) is 7.63. The van der Waals surface area contributed by atoms with Crippen LogP contribution in [0.4, 0.5) is 11.4 Å². The largest absolute Gasteiger partial charge is 0.455 e. The molecule has 0 saturated heterocycles. The maximum atomic E-state index is 12.3. The topological polar surface area (TPSA) is 96.0 Å². The van der Waals surface area contributed by atoms with Crippen LogP contribution in [0, 0.1) is 11.8 Å². The number of nitrogens with zero attached hydrogens (tertiary/aromatic N) is 2. The van der Waals surface area contributed by atoms with Crippen molar-refractivity contribution >= 4 is 33.3 Å². The molecule has 0 bridgehead atoms. The molecule has 1 aromatic carbocycles. The Hall–Kier alpha value is -2.13. The molecule has 26 heavy (non-hydrogen) atoms. The highest BCUT2D eigenvalue weighted by atomic mass is 32.2. The monoisotopic (exact) mass is 383 g/mol. The summed E-state index contributed by atoms with van der Waals surface area (Å²) >= 11 is 0. The van der Waals surface area contributed by atoms with Crippen molar-refractivity contribution in [3.05, 3.63) is 18.2 Å². The van der Waals surface area contributed by atoms with Gasteiger partial charge in [-0.05, 0) is 30.5 Å². The molecule has 1 saturated carbocycles. The van der Waals surface area contributed by atoms with E-state index in [2.05, 4.69) is 5.32 Å². The van der Waals surface area contributed by atoms with Crippen LogP contribution in [0.25, 0.3) is 0 Å². The van der Waals surface area contributed by atoms with E-state index in [0.29, 0.717) is 17.3 Å². The Bertz CT molecular complexity index is 805. The summed E-state index contributed by atoms with van der Waals surface area (Å²) in [5, 5.41) is 2.63. The molecule has 1 aliphatic carbocycles. The lowest BCUT2D eigenvalue weighted by atomic mass is 10.2. The van der Waals surface area contributed by atoms with Crippen LogP contribution in [0.1, 0.15) is 13.3 Å². The third-order valence-electron chi connectivity index (χ3n) is 4.26. The van der Waals surface area contributed by atoms with Gasteiger partial charge in [-0.2, -0.15) is 0 Å². The lowest BCUT2D eigenvalue weighted by Gasteiger charge is -2.20. The summed E-state index contributed by atoms with van der Waals surface area (Å²) in [7, 11) is 2.79. The third kappa shape index (κ3) is 4.53. The van der Waals surface area contributed by atoms with Gasteiger partial charge in [0, 0.05) is 28.2 Å². The second-order valence-corrected chi connectivity index (χ2v) is 8.99. The van der Waals surface area contributed by atoms with Crippen LogP contribution in [0.15, 0.2) is 23.1 Å². The van der Waals surface area contributed by atoms with Crippen LogP contribution < -0.4 is 10.2 Å². The highest BCUT2D eigenvalue weighted by Crippen LogP contribution is 2.38. The van der Waals surface area contributed by atoms with E-state index < -0.39 is 22.5 Å². The number of carbonyl (C=O) groups excluding carboxylic acids is 2. The van der Waals surface area contributed by atoms with Crippen LogP contribution in [-0.4, -0.2) is 59.4 Å². The quantitative estimate of drug-likeness (QED) is 0.710. The smallest absolute Gasteiger partial charge is 0.309 e. The van der Waals surface area contributed by atoms with Gasteiger partial charge in [-0.1, -0.05) is 6.92 Å². The van der Waals surface area contributed by atoms with Gasteiger partial charge in [-0.3, -0.25) is 9.59 Å². The molecule has 0 unspecified atom stereocenters. The first-order chi connectivity index (χ1) is 12.0. The Labute approximate surface area is 154 Å². The normalized spacial score (nSPS) is 19.2. The number of ether oxygens (including phenoxy) is 1. The molecule has 2 rings (SSSR count). The number of rotatable bonds is 7. The maximum absolute atomic E-state index is 12.3. The number of carbonyl (C=O) groups is 2. The van der Waals surface area contributed by atoms with Gasteiger partial charge in [0.15, 0.2) is 6.61 Å². The standard InChI is InChI=1S/C17H25N3O5S/c1-11-8-13(11)17(22)25-10-16(21)18-14-9-12(26(23,24)20(4)5)6-7-15(14)19(2)3/h6-7,9,11,13H,8,10H2,1-5H3,(H,18,21)/t11-,13+/m1/s1. The predicted octanol–water partition coefficient (Wildman–Crippen LogP) is 1.14. The van der Waals surface area contributed by atoms with Crippen LogP contribution in [0.5, 0.6) is 0 Å². The SMILES string of the molecule is C[C@@H]1C[C@@H]1C(=O)OCC(=O)Nc1cc(S(=O)(=O)N(C)C)ccc1N(C)C. The molecule has 144 valence electrons. The molecule has 0 spiro atoms. The molecule has 9 heteroatoms. The summed E-state index contributed by atoms with van der Waals surface area (Å²) in [6.45, 7) is 1.55. The van der Waals surface area contributed by atoms with Gasteiger partial charge in [0.1, 0.15) is 0 Å². The summed E-state index contributed by atoms with van der Waals surface area (Å²) in [5.41, 5.74) is 0.969. The average Bonchev–Trinajstić information content (AvgIpc) is 3.29. The number of sulfonamides is 1. The van der Waals surface area contributed by atoms with E-state index in [-0.39, 0.29) is 16.8 Å². The molecular weight excluding hydrogens is 358 g/mol. The highest BCUT2D eigenvalue weighted by molar-refractivity contribution is 7.89. The van der Waals surface area contributed by atoms with E-state index in [1.807, 2.05) is 6.92 Å². The fourth-order valence-corrected chi connectivity index (χ4v) is 3.39. The van der Waals surface area contributed by atoms with Crippen molar-refractivity contribution in [3.63, 3.8) is 0 Å². The molecule has 0 heterocycles. The minimum absolute atomic E-state index is 0.0622. The van der Waals surface area contributed by atoms with Gasteiger partial charge in [0.25, 0.3) is 5.91 Å². The van der Waals surface area contributed by atoms with Crippen molar-refractivity contribution in [2.75, 3.05) is 45.0 Å². The first kappa shape index (κ1) is 20.2. The lowest BCUT2D eigenvalue weighted by Crippen LogP contribution is -2.25. The van der Waals surface area contributed by atoms with Crippen molar-refractivity contribution in [2.24, 2.45) is 11.8 Å². The molecule has 0 aliphatic heterocycles. The van der Waals surface area contributed by atoms with Gasteiger partial charge in [0.05, 0.1) is 22.2 Å². The first-order valence-electron chi connectivity index (χ1n) is 8.24. The number of hydrogen-bond acceptors (Lipinski definition) is 6. The summed E-state index contributed by atoms with van der Waals surface area (Å²) in [4.78, 5) is 25.7. The van der Waals surface area contributed by atoms with Gasteiger partial charge in [0.2, 0.25) is 10.0 Å². The number of hydrogen-bond donors (Lipinski definition) is 1. The molecule has 1 aliphatic rings.